The van der Waals surface area contributed by atoms with E-state index in [2.05, 4.69) is 5.32 Å². The molecule has 1 aromatic rings. The first-order chi connectivity index (χ1) is 10.2. The van der Waals surface area contributed by atoms with Gasteiger partial charge >= 0.3 is 0 Å². The summed E-state index contributed by atoms with van der Waals surface area (Å²) >= 11 is 0. The van der Waals surface area contributed by atoms with Crippen molar-refractivity contribution in [2.24, 2.45) is 17.6 Å². The van der Waals surface area contributed by atoms with Crippen LogP contribution in [-0.2, 0) is 11.3 Å². The third-order valence-electron chi connectivity index (χ3n) is 4.21. The summed E-state index contributed by atoms with van der Waals surface area (Å²) in [5.41, 5.74) is 6.72. The number of ether oxygens (including phenoxy) is 2. The zero-order chi connectivity index (χ0) is 15.2. The second-order valence-corrected chi connectivity index (χ2v) is 5.44. The molecule has 0 saturated heterocycles. The first kappa shape index (κ1) is 15.6. The van der Waals surface area contributed by atoms with Crippen LogP contribution >= 0.6 is 0 Å². The third kappa shape index (κ3) is 3.67. The summed E-state index contributed by atoms with van der Waals surface area (Å²) in [5, 5.41) is 3.00. The van der Waals surface area contributed by atoms with E-state index in [-0.39, 0.29) is 11.8 Å². The van der Waals surface area contributed by atoms with E-state index >= 15 is 0 Å². The Kier molecular flexibility index (Phi) is 5.44. The van der Waals surface area contributed by atoms with E-state index in [4.69, 9.17) is 15.2 Å². The number of carbonyl (C=O) groups excluding carboxylic acids is 1. The summed E-state index contributed by atoms with van der Waals surface area (Å²) in [6, 6.07) is 5.66. The molecule has 0 bridgehead atoms. The normalized spacial score (nSPS) is 21.1. The lowest BCUT2D eigenvalue weighted by Gasteiger charge is -2.17. The van der Waals surface area contributed by atoms with Crippen molar-refractivity contribution in [2.75, 3.05) is 20.8 Å². The Morgan fingerprint density at radius 1 is 1.29 bits per heavy atom. The van der Waals surface area contributed by atoms with Gasteiger partial charge < -0.3 is 20.5 Å². The van der Waals surface area contributed by atoms with Gasteiger partial charge in [-0.3, -0.25) is 4.79 Å². The molecular formula is C16H24N2O3. The number of hydrogen-bond donors (Lipinski definition) is 2. The van der Waals surface area contributed by atoms with Crippen LogP contribution in [0.2, 0.25) is 0 Å². The molecule has 1 amide bonds. The van der Waals surface area contributed by atoms with Crippen LogP contribution < -0.4 is 20.5 Å². The van der Waals surface area contributed by atoms with Gasteiger partial charge in [-0.15, -0.1) is 0 Å². The van der Waals surface area contributed by atoms with E-state index in [1.54, 1.807) is 14.2 Å². The lowest BCUT2D eigenvalue weighted by molar-refractivity contribution is -0.126. The van der Waals surface area contributed by atoms with Crippen LogP contribution in [0.25, 0.3) is 0 Å². The third-order valence-corrected chi connectivity index (χ3v) is 4.21. The summed E-state index contributed by atoms with van der Waals surface area (Å²) in [6.45, 7) is 1.08. The zero-order valence-corrected chi connectivity index (χ0v) is 12.7. The number of carbonyl (C=O) groups is 1. The van der Waals surface area contributed by atoms with Crippen molar-refractivity contribution in [3.63, 3.8) is 0 Å². The van der Waals surface area contributed by atoms with E-state index < -0.39 is 0 Å². The summed E-state index contributed by atoms with van der Waals surface area (Å²) in [5.74, 6) is 1.86. The second-order valence-electron chi connectivity index (χ2n) is 5.44. The number of nitrogens with two attached hydrogens (primary N) is 1. The van der Waals surface area contributed by atoms with Crippen LogP contribution in [-0.4, -0.2) is 26.7 Å². The standard InChI is InChI=1S/C16H24N2O3/c1-20-14-7-6-11(8-15(14)21-2)10-18-16(19)13-5-3-4-12(13)9-17/h6-8,12-13H,3-5,9-10,17H2,1-2H3,(H,18,19). The average Bonchev–Trinajstić information content (AvgIpc) is 3.00. The molecule has 1 aliphatic rings. The van der Waals surface area contributed by atoms with Crippen molar-refractivity contribution in [3.8, 4) is 11.5 Å². The van der Waals surface area contributed by atoms with Crippen molar-refractivity contribution < 1.29 is 14.3 Å². The summed E-state index contributed by atoms with van der Waals surface area (Å²) in [6.07, 6.45) is 3.10. The van der Waals surface area contributed by atoms with Gasteiger partial charge in [0.1, 0.15) is 0 Å². The Labute approximate surface area is 125 Å². The Balaban J connectivity index is 1.95. The van der Waals surface area contributed by atoms with E-state index in [0.717, 1.165) is 24.8 Å². The van der Waals surface area contributed by atoms with Gasteiger partial charge in [0.25, 0.3) is 0 Å². The minimum absolute atomic E-state index is 0.0649. The van der Waals surface area contributed by atoms with Gasteiger partial charge in [-0.25, -0.2) is 0 Å². The predicted molar refractivity (Wildman–Crippen MR) is 81.3 cm³/mol. The molecule has 0 heterocycles. The van der Waals surface area contributed by atoms with Crippen LogP contribution in [0, 0.1) is 11.8 Å². The van der Waals surface area contributed by atoms with Crippen LogP contribution in [0.5, 0.6) is 11.5 Å². The average molecular weight is 292 g/mol. The van der Waals surface area contributed by atoms with Gasteiger partial charge in [-0.2, -0.15) is 0 Å². The molecule has 5 heteroatoms. The molecule has 0 aliphatic heterocycles. The minimum Gasteiger partial charge on any atom is -0.493 e. The molecule has 21 heavy (non-hydrogen) atoms. The van der Waals surface area contributed by atoms with Crippen molar-refractivity contribution in [1.29, 1.82) is 0 Å². The van der Waals surface area contributed by atoms with Gasteiger partial charge in [0.15, 0.2) is 11.5 Å². The van der Waals surface area contributed by atoms with Crippen LogP contribution in [0.3, 0.4) is 0 Å². The first-order valence-electron chi connectivity index (χ1n) is 7.38. The molecule has 116 valence electrons. The van der Waals surface area contributed by atoms with Crippen LogP contribution in [0.15, 0.2) is 18.2 Å². The second kappa shape index (κ2) is 7.31. The number of nitrogens with one attached hydrogen (secondary N) is 1. The summed E-state index contributed by atoms with van der Waals surface area (Å²) in [7, 11) is 3.21. The molecular weight excluding hydrogens is 268 g/mol. The Hall–Kier alpha value is -1.75. The first-order valence-corrected chi connectivity index (χ1v) is 7.38. The molecule has 1 fully saturated rings. The maximum absolute atomic E-state index is 12.2. The zero-order valence-electron chi connectivity index (χ0n) is 12.7. The van der Waals surface area contributed by atoms with Gasteiger partial charge in [0.2, 0.25) is 5.91 Å². The largest absolute Gasteiger partial charge is 0.493 e. The topological polar surface area (TPSA) is 73.6 Å². The van der Waals surface area contributed by atoms with Crippen molar-refractivity contribution in [3.05, 3.63) is 23.8 Å². The van der Waals surface area contributed by atoms with Crippen molar-refractivity contribution in [2.45, 2.75) is 25.8 Å². The Bertz CT molecular complexity index is 490. The molecule has 0 aromatic heterocycles. The van der Waals surface area contributed by atoms with Crippen LogP contribution in [0.1, 0.15) is 24.8 Å². The fourth-order valence-electron chi connectivity index (χ4n) is 2.97. The fraction of sp³-hybridized carbons (Fsp3) is 0.562. The molecule has 3 N–H and O–H groups in total. The van der Waals surface area contributed by atoms with Gasteiger partial charge in [-0.05, 0) is 43.0 Å². The monoisotopic (exact) mass is 292 g/mol. The maximum Gasteiger partial charge on any atom is 0.223 e. The molecule has 1 aromatic carbocycles. The molecule has 0 spiro atoms. The number of methoxy groups -OCH3 is 2. The number of benzene rings is 1. The quantitative estimate of drug-likeness (QED) is 0.837. The molecule has 1 aliphatic carbocycles. The SMILES string of the molecule is COc1ccc(CNC(=O)C2CCCC2CN)cc1OC. The molecule has 2 atom stereocenters. The van der Waals surface area contributed by atoms with Crippen LogP contribution in [0.4, 0.5) is 0 Å². The highest BCUT2D eigenvalue weighted by molar-refractivity contribution is 5.79. The highest BCUT2D eigenvalue weighted by Crippen LogP contribution is 2.31. The lowest BCUT2D eigenvalue weighted by Crippen LogP contribution is -2.34. The number of rotatable bonds is 6. The molecule has 1 saturated carbocycles. The number of hydrogen-bond acceptors (Lipinski definition) is 4. The molecule has 5 nitrogen and oxygen atoms in total. The molecule has 0 radical (unpaired) electrons. The Morgan fingerprint density at radius 2 is 2.05 bits per heavy atom. The van der Waals surface area contributed by atoms with Gasteiger partial charge in [-0.1, -0.05) is 12.5 Å². The molecule has 2 rings (SSSR count). The van der Waals surface area contributed by atoms with E-state index in [0.29, 0.717) is 30.5 Å². The van der Waals surface area contributed by atoms with Crippen molar-refractivity contribution >= 4 is 5.91 Å². The summed E-state index contributed by atoms with van der Waals surface area (Å²) < 4.78 is 10.5. The maximum atomic E-state index is 12.2. The lowest BCUT2D eigenvalue weighted by atomic mass is 9.95. The van der Waals surface area contributed by atoms with E-state index in [1.165, 1.54) is 0 Å². The fourth-order valence-corrected chi connectivity index (χ4v) is 2.97. The molecule has 2 unspecified atom stereocenters. The summed E-state index contributed by atoms with van der Waals surface area (Å²) in [4.78, 5) is 12.2. The van der Waals surface area contributed by atoms with Crippen molar-refractivity contribution in [1.82, 2.24) is 5.32 Å². The van der Waals surface area contributed by atoms with Gasteiger partial charge in [0, 0.05) is 12.5 Å². The highest BCUT2D eigenvalue weighted by Gasteiger charge is 2.31. The number of amides is 1. The Morgan fingerprint density at radius 3 is 2.71 bits per heavy atom. The minimum atomic E-state index is 0.0649. The smallest absolute Gasteiger partial charge is 0.223 e. The van der Waals surface area contributed by atoms with E-state index in [1.807, 2.05) is 18.2 Å². The van der Waals surface area contributed by atoms with Gasteiger partial charge in [0.05, 0.1) is 14.2 Å². The predicted octanol–water partition coefficient (Wildman–Crippen LogP) is 1.69. The highest BCUT2D eigenvalue weighted by atomic mass is 16.5. The van der Waals surface area contributed by atoms with E-state index in [9.17, 15) is 4.79 Å².